The Morgan fingerprint density at radius 1 is 1.20 bits per heavy atom. The van der Waals surface area contributed by atoms with E-state index in [1.807, 2.05) is 6.92 Å². The molecule has 0 aliphatic heterocycles. The summed E-state index contributed by atoms with van der Waals surface area (Å²) in [6, 6.07) is -0.588. The van der Waals surface area contributed by atoms with E-state index < -0.39 is 11.6 Å². The lowest BCUT2D eigenvalue weighted by atomic mass is 10.0. The van der Waals surface area contributed by atoms with Gasteiger partial charge < -0.3 is 21.7 Å². The second-order valence-electron chi connectivity index (χ2n) is 3.70. The Kier molecular flexibility index (Phi) is 5.69. The highest BCUT2D eigenvalue weighted by Gasteiger charge is 2.25. The molecule has 0 aliphatic rings. The van der Waals surface area contributed by atoms with Crippen LogP contribution >= 0.6 is 0 Å². The van der Waals surface area contributed by atoms with Gasteiger partial charge in [0.1, 0.15) is 0 Å². The Bertz CT molecular complexity index is 228. The molecule has 0 rings (SSSR count). The number of nitrogens with two attached hydrogens (primary N) is 1. The van der Waals surface area contributed by atoms with Gasteiger partial charge in [-0.05, 0) is 20.4 Å². The molecule has 15 heavy (non-hydrogen) atoms. The fraction of sp³-hybridized carbons (Fsp3) is 0.778. The molecule has 0 radical (unpaired) electrons. The van der Waals surface area contributed by atoms with Gasteiger partial charge in [0, 0.05) is 13.1 Å². The van der Waals surface area contributed by atoms with Crippen LogP contribution in [0, 0.1) is 0 Å². The number of hydrogen-bond donors (Lipinski definition) is 4. The molecule has 5 N–H and O–H groups in total. The second-order valence-corrected chi connectivity index (χ2v) is 3.70. The van der Waals surface area contributed by atoms with Crippen molar-refractivity contribution in [2.24, 2.45) is 5.73 Å². The molecular formula is C9H20N4O2. The SMILES string of the molecule is CCNC(C)(C)C(=O)NCCNC(N)=O. The minimum absolute atomic E-state index is 0.101. The summed E-state index contributed by atoms with van der Waals surface area (Å²) in [6.45, 7) is 6.96. The summed E-state index contributed by atoms with van der Waals surface area (Å²) < 4.78 is 0. The highest BCUT2D eigenvalue weighted by atomic mass is 16.2. The third kappa shape index (κ3) is 5.90. The molecule has 0 spiro atoms. The van der Waals surface area contributed by atoms with E-state index in [4.69, 9.17) is 5.73 Å². The number of carbonyl (C=O) groups excluding carboxylic acids is 2. The highest BCUT2D eigenvalue weighted by Crippen LogP contribution is 2.00. The molecule has 6 nitrogen and oxygen atoms in total. The molecule has 0 unspecified atom stereocenters. The molecule has 0 aromatic carbocycles. The van der Waals surface area contributed by atoms with Crippen molar-refractivity contribution in [1.29, 1.82) is 0 Å². The average molecular weight is 216 g/mol. The van der Waals surface area contributed by atoms with Gasteiger partial charge in [0.05, 0.1) is 5.54 Å². The summed E-state index contributed by atoms with van der Waals surface area (Å²) in [7, 11) is 0. The Hall–Kier alpha value is -1.30. The van der Waals surface area contributed by atoms with Gasteiger partial charge in [-0.3, -0.25) is 4.79 Å². The van der Waals surface area contributed by atoms with E-state index in [0.717, 1.165) is 6.54 Å². The van der Waals surface area contributed by atoms with Crippen LogP contribution in [0.1, 0.15) is 20.8 Å². The van der Waals surface area contributed by atoms with E-state index in [2.05, 4.69) is 16.0 Å². The molecular weight excluding hydrogens is 196 g/mol. The number of primary amides is 1. The van der Waals surface area contributed by atoms with Gasteiger partial charge in [0.2, 0.25) is 5.91 Å². The van der Waals surface area contributed by atoms with Gasteiger partial charge in [0.15, 0.2) is 0 Å². The van der Waals surface area contributed by atoms with Crippen molar-refractivity contribution in [2.45, 2.75) is 26.3 Å². The Morgan fingerprint density at radius 3 is 2.20 bits per heavy atom. The van der Waals surface area contributed by atoms with Crippen molar-refractivity contribution >= 4 is 11.9 Å². The maximum Gasteiger partial charge on any atom is 0.312 e. The Labute approximate surface area is 90.0 Å². The number of hydrogen-bond acceptors (Lipinski definition) is 3. The molecule has 0 aromatic heterocycles. The first-order chi connectivity index (χ1) is 6.90. The van der Waals surface area contributed by atoms with Crippen LogP contribution in [0.5, 0.6) is 0 Å². The van der Waals surface area contributed by atoms with Gasteiger partial charge >= 0.3 is 6.03 Å². The van der Waals surface area contributed by atoms with E-state index in [1.54, 1.807) is 13.8 Å². The summed E-state index contributed by atoms with van der Waals surface area (Å²) in [5.41, 5.74) is 4.27. The van der Waals surface area contributed by atoms with Crippen molar-refractivity contribution < 1.29 is 9.59 Å². The largest absolute Gasteiger partial charge is 0.353 e. The monoisotopic (exact) mass is 216 g/mol. The zero-order valence-electron chi connectivity index (χ0n) is 9.52. The maximum absolute atomic E-state index is 11.6. The van der Waals surface area contributed by atoms with Crippen LogP contribution in [0.25, 0.3) is 0 Å². The van der Waals surface area contributed by atoms with Gasteiger partial charge in [-0.2, -0.15) is 0 Å². The third-order valence-corrected chi connectivity index (χ3v) is 1.90. The fourth-order valence-corrected chi connectivity index (χ4v) is 1.10. The van der Waals surface area contributed by atoms with Crippen molar-refractivity contribution in [3.8, 4) is 0 Å². The van der Waals surface area contributed by atoms with Crippen LogP contribution in [0.2, 0.25) is 0 Å². The van der Waals surface area contributed by atoms with Gasteiger partial charge in [-0.25, -0.2) is 4.79 Å². The van der Waals surface area contributed by atoms with Crippen molar-refractivity contribution in [3.63, 3.8) is 0 Å². The molecule has 0 saturated carbocycles. The van der Waals surface area contributed by atoms with Crippen LogP contribution in [-0.4, -0.2) is 37.1 Å². The summed E-state index contributed by atoms with van der Waals surface area (Å²) in [6.07, 6.45) is 0. The lowest BCUT2D eigenvalue weighted by molar-refractivity contribution is -0.126. The quantitative estimate of drug-likeness (QED) is 0.436. The second kappa shape index (κ2) is 6.23. The lowest BCUT2D eigenvalue weighted by Gasteiger charge is -2.24. The first kappa shape index (κ1) is 13.7. The summed E-state index contributed by atoms with van der Waals surface area (Å²) in [4.78, 5) is 21.9. The molecule has 0 heterocycles. The van der Waals surface area contributed by atoms with Crippen molar-refractivity contribution in [3.05, 3.63) is 0 Å². The van der Waals surface area contributed by atoms with Gasteiger partial charge in [-0.15, -0.1) is 0 Å². The molecule has 0 bridgehead atoms. The molecule has 88 valence electrons. The predicted octanol–water partition coefficient (Wildman–Crippen LogP) is -0.841. The van der Waals surface area contributed by atoms with Crippen LogP contribution in [0.4, 0.5) is 4.79 Å². The Morgan fingerprint density at radius 2 is 1.73 bits per heavy atom. The zero-order valence-corrected chi connectivity index (χ0v) is 9.52. The van der Waals surface area contributed by atoms with Crippen molar-refractivity contribution in [1.82, 2.24) is 16.0 Å². The van der Waals surface area contributed by atoms with Crippen LogP contribution < -0.4 is 21.7 Å². The number of rotatable bonds is 6. The van der Waals surface area contributed by atoms with E-state index in [9.17, 15) is 9.59 Å². The van der Waals surface area contributed by atoms with E-state index in [1.165, 1.54) is 0 Å². The normalized spacial score (nSPS) is 10.9. The number of nitrogens with one attached hydrogen (secondary N) is 3. The minimum atomic E-state index is -0.596. The highest BCUT2D eigenvalue weighted by molar-refractivity contribution is 5.85. The molecule has 0 saturated heterocycles. The summed E-state index contributed by atoms with van der Waals surface area (Å²) in [5, 5.41) is 8.13. The van der Waals surface area contributed by atoms with Crippen LogP contribution in [-0.2, 0) is 4.79 Å². The summed E-state index contributed by atoms with van der Waals surface area (Å²) in [5.74, 6) is -0.101. The third-order valence-electron chi connectivity index (χ3n) is 1.90. The number of likely N-dealkylation sites (N-methyl/N-ethyl adjacent to an activating group) is 1. The molecule has 0 atom stereocenters. The number of amides is 3. The summed E-state index contributed by atoms with van der Waals surface area (Å²) >= 11 is 0. The van der Waals surface area contributed by atoms with Gasteiger partial charge in [0.25, 0.3) is 0 Å². The molecule has 3 amide bonds. The fourth-order valence-electron chi connectivity index (χ4n) is 1.10. The number of carbonyl (C=O) groups is 2. The maximum atomic E-state index is 11.6. The molecule has 0 aliphatic carbocycles. The van der Waals surface area contributed by atoms with Gasteiger partial charge in [-0.1, -0.05) is 6.92 Å². The zero-order chi connectivity index (χ0) is 11.9. The first-order valence-electron chi connectivity index (χ1n) is 4.96. The first-order valence-corrected chi connectivity index (χ1v) is 4.96. The average Bonchev–Trinajstić information content (AvgIpc) is 2.11. The smallest absolute Gasteiger partial charge is 0.312 e. The van der Waals surface area contributed by atoms with E-state index in [0.29, 0.717) is 13.1 Å². The lowest BCUT2D eigenvalue weighted by Crippen LogP contribution is -2.53. The van der Waals surface area contributed by atoms with E-state index in [-0.39, 0.29) is 5.91 Å². The molecule has 6 heteroatoms. The van der Waals surface area contributed by atoms with E-state index >= 15 is 0 Å². The molecule has 0 fully saturated rings. The topological polar surface area (TPSA) is 96.2 Å². The number of urea groups is 1. The Balaban J connectivity index is 3.78. The molecule has 0 aromatic rings. The van der Waals surface area contributed by atoms with Crippen LogP contribution in [0.3, 0.4) is 0 Å². The van der Waals surface area contributed by atoms with Crippen molar-refractivity contribution in [2.75, 3.05) is 19.6 Å². The standard InChI is InChI=1S/C9H20N4O2/c1-4-13-9(2,3)7(14)11-5-6-12-8(10)15/h13H,4-6H2,1-3H3,(H,11,14)(H3,10,12,15). The predicted molar refractivity (Wildman–Crippen MR) is 58.4 cm³/mol. The minimum Gasteiger partial charge on any atom is -0.353 e. The van der Waals surface area contributed by atoms with Crippen LogP contribution in [0.15, 0.2) is 0 Å².